The van der Waals surface area contributed by atoms with Crippen molar-refractivity contribution in [2.45, 2.75) is 13.8 Å². The van der Waals surface area contributed by atoms with Gasteiger partial charge in [-0.3, -0.25) is 9.59 Å². The third-order valence-electron chi connectivity index (χ3n) is 3.06. The van der Waals surface area contributed by atoms with Gasteiger partial charge in [0.1, 0.15) is 6.61 Å². The Bertz CT molecular complexity index is 627. The molecule has 0 aliphatic rings. The monoisotopic (exact) mass is 334 g/mol. The van der Waals surface area contributed by atoms with Gasteiger partial charge in [0.2, 0.25) is 5.91 Å². The van der Waals surface area contributed by atoms with Gasteiger partial charge in [0.05, 0.1) is 18.4 Å². The van der Waals surface area contributed by atoms with Crippen LogP contribution in [0, 0.1) is 0 Å². The van der Waals surface area contributed by atoms with E-state index in [0.717, 1.165) is 0 Å². The Morgan fingerprint density at radius 2 is 2.04 bits per heavy atom. The van der Waals surface area contributed by atoms with Gasteiger partial charge in [-0.15, -0.1) is 6.58 Å². The van der Waals surface area contributed by atoms with Crippen LogP contribution in [-0.4, -0.2) is 44.7 Å². The number of esters is 1. The molecule has 24 heavy (non-hydrogen) atoms. The smallest absolute Gasteiger partial charge is 0.339 e. The summed E-state index contributed by atoms with van der Waals surface area (Å²) in [6.45, 7) is 7.23. The van der Waals surface area contributed by atoms with Crippen molar-refractivity contribution in [2.75, 3.05) is 37.1 Å². The Labute approximate surface area is 141 Å². The second-order valence-electron chi connectivity index (χ2n) is 4.83. The number of amides is 2. The first-order valence-corrected chi connectivity index (χ1v) is 7.43. The zero-order valence-electron chi connectivity index (χ0n) is 14.1. The molecule has 0 atom stereocenters. The van der Waals surface area contributed by atoms with Crippen molar-refractivity contribution < 1.29 is 23.9 Å². The highest BCUT2D eigenvalue weighted by Crippen LogP contribution is 2.26. The predicted octanol–water partition coefficient (Wildman–Crippen LogP) is 1.99. The van der Waals surface area contributed by atoms with Crippen LogP contribution in [0.2, 0.25) is 0 Å². The SMILES string of the molecule is C=CCN(C(=O)COCC)c1cc(NC(C)=O)ccc1C(=O)OC. The van der Waals surface area contributed by atoms with Gasteiger partial charge in [0.15, 0.2) is 0 Å². The van der Waals surface area contributed by atoms with E-state index >= 15 is 0 Å². The third kappa shape index (κ3) is 5.20. The minimum atomic E-state index is -0.586. The number of methoxy groups -OCH3 is 1. The summed E-state index contributed by atoms with van der Waals surface area (Å²) in [6.07, 6.45) is 1.54. The van der Waals surface area contributed by atoms with Crippen molar-refractivity contribution in [2.24, 2.45) is 0 Å². The number of hydrogen-bond acceptors (Lipinski definition) is 5. The number of rotatable bonds is 8. The fraction of sp³-hybridized carbons (Fsp3) is 0.353. The average Bonchev–Trinajstić information content (AvgIpc) is 2.56. The maximum Gasteiger partial charge on any atom is 0.339 e. The number of benzene rings is 1. The Hall–Kier alpha value is -2.67. The fourth-order valence-corrected chi connectivity index (χ4v) is 2.05. The van der Waals surface area contributed by atoms with Crippen molar-refractivity contribution >= 4 is 29.2 Å². The van der Waals surface area contributed by atoms with E-state index in [1.165, 1.54) is 31.1 Å². The molecule has 0 aliphatic heterocycles. The Morgan fingerprint density at radius 1 is 1.33 bits per heavy atom. The second kappa shape index (κ2) is 9.46. The number of nitrogens with zero attached hydrogens (tertiary/aromatic N) is 1. The number of carbonyl (C=O) groups is 3. The number of anilines is 2. The van der Waals surface area contributed by atoms with E-state index in [1.54, 1.807) is 19.1 Å². The molecule has 0 spiro atoms. The molecule has 7 nitrogen and oxygen atoms in total. The van der Waals surface area contributed by atoms with E-state index in [4.69, 9.17) is 9.47 Å². The lowest BCUT2D eigenvalue weighted by Gasteiger charge is -2.24. The fourth-order valence-electron chi connectivity index (χ4n) is 2.05. The van der Waals surface area contributed by atoms with Gasteiger partial charge in [-0.2, -0.15) is 0 Å². The molecule has 7 heteroatoms. The predicted molar refractivity (Wildman–Crippen MR) is 91.1 cm³/mol. The van der Waals surface area contributed by atoms with E-state index in [1.807, 2.05) is 0 Å². The summed E-state index contributed by atoms with van der Waals surface area (Å²) in [4.78, 5) is 37.0. The molecule has 1 aromatic carbocycles. The molecule has 0 radical (unpaired) electrons. The largest absolute Gasteiger partial charge is 0.465 e. The summed E-state index contributed by atoms with van der Waals surface area (Å²) < 4.78 is 9.92. The number of ether oxygens (including phenoxy) is 2. The van der Waals surface area contributed by atoms with Crippen molar-refractivity contribution in [3.05, 3.63) is 36.4 Å². The topological polar surface area (TPSA) is 84.9 Å². The molecule has 0 unspecified atom stereocenters. The lowest BCUT2D eigenvalue weighted by Crippen LogP contribution is -2.35. The van der Waals surface area contributed by atoms with E-state index < -0.39 is 5.97 Å². The highest BCUT2D eigenvalue weighted by atomic mass is 16.5. The zero-order valence-corrected chi connectivity index (χ0v) is 14.1. The van der Waals surface area contributed by atoms with Crippen molar-refractivity contribution in [1.82, 2.24) is 0 Å². The quantitative estimate of drug-likeness (QED) is 0.580. The van der Waals surface area contributed by atoms with Crippen LogP contribution in [0.1, 0.15) is 24.2 Å². The first-order valence-electron chi connectivity index (χ1n) is 7.43. The molecule has 0 heterocycles. The molecule has 0 saturated heterocycles. The van der Waals surface area contributed by atoms with Gasteiger partial charge < -0.3 is 19.7 Å². The summed E-state index contributed by atoms with van der Waals surface area (Å²) in [5.41, 5.74) is 0.986. The van der Waals surface area contributed by atoms with Gasteiger partial charge in [-0.05, 0) is 25.1 Å². The van der Waals surface area contributed by atoms with Crippen LogP contribution in [0.4, 0.5) is 11.4 Å². The lowest BCUT2D eigenvalue weighted by molar-refractivity contribution is -0.122. The molecule has 0 aromatic heterocycles. The van der Waals surface area contributed by atoms with Crippen molar-refractivity contribution in [3.63, 3.8) is 0 Å². The van der Waals surface area contributed by atoms with Crippen LogP contribution in [-0.2, 0) is 19.1 Å². The number of nitrogens with one attached hydrogen (secondary N) is 1. The molecular weight excluding hydrogens is 312 g/mol. The van der Waals surface area contributed by atoms with Gasteiger partial charge >= 0.3 is 5.97 Å². The van der Waals surface area contributed by atoms with Crippen LogP contribution < -0.4 is 10.2 Å². The molecule has 1 aromatic rings. The molecule has 130 valence electrons. The van der Waals surface area contributed by atoms with Crippen LogP contribution in [0.5, 0.6) is 0 Å². The minimum Gasteiger partial charge on any atom is -0.465 e. The molecule has 0 saturated carbocycles. The standard InChI is InChI=1S/C17H22N2O5/c1-5-9-19(16(21)11-24-6-2)15-10-13(18-12(3)20)7-8-14(15)17(22)23-4/h5,7-8,10H,1,6,9,11H2,2-4H3,(H,18,20). The highest BCUT2D eigenvalue weighted by Gasteiger charge is 2.22. The Kier molecular flexibility index (Phi) is 7.64. The number of hydrogen-bond donors (Lipinski definition) is 1. The summed E-state index contributed by atoms with van der Waals surface area (Å²) in [7, 11) is 1.26. The maximum absolute atomic E-state index is 12.4. The Balaban J connectivity index is 3.34. The van der Waals surface area contributed by atoms with Crippen LogP contribution >= 0.6 is 0 Å². The summed E-state index contributed by atoms with van der Waals surface area (Å²) in [6, 6.07) is 4.60. The van der Waals surface area contributed by atoms with Crippen LogP contribution in [0.3, 0.4) is 0 Å². The van der Waals surface area contributed by atoms with Crippen LogP contribution in [0.15, 0.2) is 30.9 Å². The zero-order chi connectivity index (χ0) is 18.1. The Morgan fingerprint density at radius 3 is 2.58 bits per heavy atom. The molecule has 0 bridgehead atoms. The van der Waals surface area contributed by atoms with Gasteiger partial charge in [-0.1, -0.05) is 6.08 Å². The highest BCUT2D eigenvalue weighted by molar-refractivity contribution is 6.04. The minimum absolute atomic E-state index is 0.130. The van der Waals surface area contributed by atoms with Crippen LogP contribution in [0.25, 0.3) is 0 Å². The van der Waals surface area contributed by atoms with Gasteiger partial charge in [-0.25, -0.2) is 4.79 Å². The maximum atomic E-state index is 12.4. The van der Waals surface area contributed by atoms with Crippen molar-refractivity contribution in [3.8, 4) is 0 Å². The summed E-state index contributed by atoms with van der Waals surface area (Å²) in [5, 5.41) is 2.62. The van der Waals surface area contributed by atoms with Gasteiger partial charge in [0, 0.05) is 25.8 Å². The lowest BCUT2D eigenvalue weighted by atomic mass is 10.1. The molecule has 0 fully saturated rings. The van der Waals surface area contributed by atoms with Gasteiger partial charge in [0.25, 0.3) is 5.91 Å². The first kappa shape index (κ1) is 19.4. The second-order valence-corrected chi connectivity index (χ2v) is 4.83. The molecule has 1 rings (SSSR count). The molecule has 0 aliphatic carbocycles. The van der Waals surface area contributed by atoms with E-state index in [0.29, 0.717) is 18.0 Å². The van der Waals surface area contributed by atoms with E-state index in [-0.39, 0.29) is 30.5 Å². The number of carbonyl (C=O) groups excluding carboxylic acids is 3. The molecular formula is C17H22N2O5. The average molecular weight is 334 g/mol. The van der Waals surface area contributed by atoms with E-state index in [9.17, 15) is 14.4 Å². The molecule has 2 amide bonds. The van der Waals surface area contributed by atoms with Crippen molar-refractivity contribution in [1.29, 1.82) is 0 Å². The third-order valence-corrected chi connectivity index (χ3v) is 3.06. The normalized spacial score (nSPS) is 9.96. The van der Waals surface area contributed by atoms with E-state index in [2.05, 4.69) is 11.9 Å². The first-order chi connectivity index (χ1) is 11.4. The summed E-state index contributed by atoms with van der Waals surface area (Å²) in [5.74, 6) is -1.18. The summed E-state index contributed by atoms with van der Waals surface area (Å²) >= 11 is 0. The molecule has 1 N–H and O–H groups in total.